The van der Waals surface area contributed by atoms with Gasteiger partial charge >= 0.3 is 0 Å². The highest BCUT2D eigenvalue weighted by Crippen LogP contribution is 2.65. The summed E-state index contributed by atoms with van der Waals surface area (Å²) in [5, 5.41) is 12.0. The Morgan fingerprint density at radius 3 is 2.09 bits per heavy atom. The molecule has 1 saturated carbocycles. The Hall–Kier alpha value is -6.19. The quantitative estimate of drug-likeness (QED) is 0.0996. The predicted octanol–water partition coefficient (Wildman–Crippen LogP) is 8.42. The molecule has 1 heterocycles. The first kappa shape index (κ1) is 36.4. The number of rotatable bonds is 7. The number of nitrogens with zero attached hydrogens (tertiary/aromatic N) is 1. The van der Waals surface area contributed by atoms with Gasteiger partial charge in [0.05, 0.1) is 30.0 Å². The van der Waals surface area contributed by atoms with Crippen LogP contribution in [0.5, 0.6) is 11.5 Å². The van der Waals surface area contributed by atoms with Gasteiger partial charge in [0, 0.05) is 38.6 Å². The van der Waals surface area contributed by atoms with Crippen LogP contribution in [0.2, 0.25) is 0 Å². The first-order valence-corrected chi connectivity index (χ1v) is 19.7. The standard InChI is InChI=1S/C48H36BrNO7/c1-57-39-24-31(49)23-37(45(39)54)42-33-21-22-34-41(47(56)50(46(34)55)32-19-17-29(18-20-32)43(52)28-13-7-3-8-14-28)36(33)25-38-44(53)35(27-11-5-2-6-12-27)26-40(51)48(38,42)30-15-9-4-10-16-30/h2-21,23-24,26,34,36,38,41-42,54H,22,25H2,1H3. The number of methoxy groups -OCH3 is 1. The summed E-state index contributed by atoms with van der Waals surface area (Å²) < 4.78 is 6.20. The van der Waals surface area contributed by atoms with Gasteiger partial charge in [0.15, 0.2) is 28.8 Å². The van der Waals surface area contributed by atoms with E-state index in [1.54, 1.807) is 72.8 Å². The monoisotopic (exact) mass is 817 g/mol. The number of imide groups is 1. The van der Waals surface area contributed by atoms with Gasteiger partial charge in [-0.25, -0.2) is 0 Å². The summed E-state index contributed by atoms with van der Waals surface area (Å²) in [7, 11) is 1.45. The SMILES string of the molecule is COc1cc(Br)cc(C2C3=CCC4C(=O)N(c5ccc(C(=O)c6ccccc6)cc5)C(=O)C4C3CC3C(=O)C(c4ccccc4)=CC(=O)C32c2ccccc2)c1O. The van der Waals surface area contributed by atoms with E-state index in [0.29, 0.717) is 38.0 Å². The highest BCUT2D eigenvalue weighted by molar-refractivity contribution is 9.10. The van der Waals surface area contributed by atoms with Crippen LogP contribution in [0, 0.1) is 23.7 Å². The molecule has 6 atom stereocenters. The molecule has 8 nitrogen and oxygen atoms in total. The van der Waals surface area contributed by atoms with E-state index in [1.165, 1.54) is 18.1 Å². The number of ether oxygens (including phenoxy) is 1. The number of Topliss-reactive ketones (excluding diaryl/α,β-unsaturated/α-hetero) is 1. The van der Waals surface area contributed by atoms with E-state index >= 15 is 9.59 Å². The summed E-state index contributed by atoms with van der Waals surface area (Å²) in [5.41, 5.74) is 2.38. The van der Waals surface area contributed by atoms with Crippen molar-refractivity contribution in [2.75, 3.05) is 12.0 Å². The molecule has 2 amide bonds. The molecule has 0 aromatic heterocycles. The second-order valence-electron chi connectivity index (χ2n) is 15.1. The van der Waals surface area contributed by atoms with Crippen molar-refractivity contribution in [2.24, 2.45) is 23.7 Å². The third kappa shape index (κ3) is 5.58. The first-order valence-electron chi connectivity index (χ1n) is 18.9. The van der Waals surface area contributed by atoms with Crippen molar-refractivity contribution in [2.45, 2.75) is 24.2 Å². The van der Waals surface area contributed by atoms with Crippen LogP contribution >= 0.6 is 15.9 Å². The Balaban J connectivity index is 1.20. The fourth-order valence-corrected chi connectivity index (χ4v) is 10.4. The lowest BCUT2D eigenvalue weighted by molar-refractivity contribution is -0.135. The molecule has 9 heteroatoms. The van der Waals surface area contributed by atoms with Crippen LogP contribution in [0.15, 0.2) is 150 Å². The molecule has 1 saturated heterocycles. The Morgan fingerprint density at radius 1 is 0.789 bits per heavy atom. The van der Waals surface area contributed by atoms with Crippen molar-refractivity contribution in [3.63, 3.8) is 0 Å². The lowest BCUT2D eigenvalue weighted by Gasteiger charge is -2.55. The lowest BCUT2D eigenvalue weighted by Crippen LogP contribution is -2.58. The Bertz CT molecular complexity index is 2550. The van der Waals surface area contributed by atoms with E-state index in [1.807, 2.05) is 60.7 Å². The fraction of sp³-hybridized carbons (Fsp3) is 0.188. The zero-order valence-electron chi connectivity index (χ0n) is 30.8. The van der Waals surface area contributed by atoms with Crippen LogP contribution in [-0.4, -0.2) is 41.4 Å². The van der Waals surface area contributed by atoms with E-state index < -0.39 is 40.9 Å². The number of phenolic OH excluding ortho intramolecular Hbond substituents is 1. The molecule has 6 unspecified atom stereocenters. The summed E-state index contributed by atoms with van der Waals surface area (Å²) in [6.45, 7) is 0. The average Bonchev–Trinajstić information content (AvgIpc) is 3.51. The number of carbonyl (C=O) groups excluding carboxylic acids is 5. The molecule has 3 aliphatic carbocycles. The van der Waals surface area contributed by atoms with Crippen molar-refractivity contribution in [1.82, 2.24) is 0 Å². The molecular weight excluding hydrogens is 782 g/mol. The molecule has 57 heavy (non-hydrogen) atoms. The van der Waals surface area contributed by atoms with E-state index in [0.717, 1.165) is 5.57 Å². The maximum absolute atomic E-state index is 15.3. The second kappa shape index (κ2) is 14.1. The number of amides is 2. The molecule has 282 valence electrons. The number of ketones is 3. The van der Waals surface area contributed by atoms with Crippen molar-refractivity contribution in [3.05, 3.63) is 177 Å². The zero-order valence-corrected chi connectivity index (χ0v) is 32.4. The predicted molar refractivity (Wildman–Crippen MR) is 218 cm³/mol. The van der Waals surface area contributed by atoms with Crippen molar-refractivity contribution >= 4 is 56.4 Å². The van der Waals surface area contributed by atoms with Gasteiger partial charge in [0.25, 0.3) is 0 Å². The molecule has 5 aromatic carbocycles. The molecule has 1 N–H and O–H groups in total. The minimum absolute atomic E-state index is 0.121. The van der Waals surface area contributed by atoms with Gasteiger partial charge in [0.2, 0.25) is 11.8 Å². The van der Waals surface area contributed by atoms with Crippen LogP contribution in [0.25, 0.3) is 5.57 Å². The molecule has 0 bridgehead atoms. The Kier molecular flexibility index (Phi) is 9.00. The molecular formula is C48H36BrNO7. The highest BCUT2D eigenvalue weighted by atomic mass is 79.9. The summed E-state index contributed by atoms with van der Waals surface area (Å²) in [4.78, 5) is 74.0. The van der Waals surface area contributed by atoms with E-state index in [2.05, 4.69) is 15.9 Å². The maximum atomic E-state index is 15.3. The van der Waals surface area contributed by atoms with Crippen LogP contribution in [0.1, 0.15) is 51.4 Å². The number of hydrogen-bond acceptors (Lipinski definition) is 7. The van der Waals surface area contributed by atoms with E-state index in [9.17, 15) is 19.5 Å². The normalized spacial score (nSPS) is 25.2. The molecule has 4 aliphatic rings. The van der Waals surface area contributed by atoms with E-state index in [4.69, 9.17) is 4.74 Å². The van der Waals surface area contributed by atoms with Gasteiger partial charge in [-0.1, -0.05) is 119 Å². The molecule has 9 rings (SSSR count). The second-order valence-corrected chi connectivity index (χ2v) is 16.0. The minimum Gasteiger partial charge on any atom is -0.504 e. The maximum Gasteiger partial charge on any atom is 0.238 e. The van der Waals surface area contributed by atoms with Gasteiger partial charge in [-0.2, -0.15) is 0 Å². The topological polar surface area (TPSA) is 118 Å². The van der Waals surface area contributed by atoms with Gasteiger partial charge in [-0.15, -0.1) is 0 Å². The number of allylic oxidation sites excluding steroid dienone is 4. The first-order chi connectivity index (χ1) is 27.6. The van der Waals surface area contributed by atoms with Crippen molar-refractivity contribution in [3.8, 4) is 11.5 Å². The van der Waals surface area contributed by atoms with E-state index in [-0.39, 0.29) is 53.2 Å². The van der Waals surface area contributed by atoms with Crippen molar-refractivity contribution < 1.29 is 33.8 Å². The number of aromatic hydroxyl groups is 1. The number of phenols is 1. The summed E-state index contributed by atoms with van der Waals surface area (Å²) >= 11 is 3.59. The Morgan fingerprint density at radius 2 is 1.42 bits per heavy atom. The molecule has 5 aromatic rings. The summed E-state index contributed by atoms with van der Waals surface area (Å²) in [6, 6.07) is 37.0. The molecule has 0 radical (unpaired) electrons. The highest BCUT2D eigenvalue weighted by Gasteiger charge is 2.66. The van der Waals surface area contributed by atoms with Gasteiger partial charge in [-0.3, -0.25) is 28.9 Å². The number of anilines is 1. The van der Waals surface area contributed by atoms with Gasteiger partial charge in [0.1, 0.15) is 0 Å². The van der Waals surface area contributed by atoms with Crippen LogP contribution in [-0.2, 0) is 24.6 Å². The summed E-state index contributed by atoms with van der Waals surface area (Å²) in [5.74, 6) is -5.55. The number of benzene rings is 5. The molecule has 1 aliphatic heterocycles. The average molecular weight is 819 g/mol. The smallest absolute Gasteiger partial charge is 0.238 e. The van der Waals surface area contributed by atoms with Crippen LogP contribution < -0.4 is 9.64 Å². The Labute approximate surface area is 337 Å². The number of hydrogen-bond donors (Lipinski definition) is 1. The van der Waals surface area contributed by atoms with Gasteiger partial charge in [-0.05, 0) is 72.4 Å². The van der Waals surface area contributed by atoms with Gasteiger partial charge < -0.3 is 9.84 Å². The summed E-state index contributed by atoms with van der Waals surface area (Å²) in [6.07, 6.45) is 3.74. The minimum atomic E-state index is -1.51. The molecule has 0 spiro atoms. The number of carbonyl (C=O) groups is 5. The fourth-order valence-electron chi connectivity index (χ4n) is 9.96. The lowest BCUT2D eigenvalue weighted by atomic mass is 9.44. The third-order valence-corrected chi connectivity index (χ3v) is 12.9. The number of fused-ring (bicyclic) bond motifs is 4. The van der Waals surface area contributed by atoms with Crippen molar-refractivity contribution in [1.29, 1.82) is 0 Å². The molecule has 2 fully saturated rings. The largest absolute Gasteiger partial charge is 0.504 e. The van der Waals surface area contributed by atoms with Crippen LogP contribution in [0.3, 0.4) is 0 Å². The third-order valence-electron chi connectivity index (χ3n) is 12.4. The number of halogens is 1. The zero-order chi connectivity index (χ0) is 39.6. The van der Waals surface area contributed by atoms with Crippen LogP contribution in [0.4, 0.5) is 5.69 Å².